The topological polar surface area (TPSA) is 49.7 Å². The highest BCUT2D eigenvalue weighted by molar-refractivity contribution is 4.85. The molecule has 0 bridgehead atoms. The first-order chi connectivity index (χ1) is 7.61. The van der Waals surface area contributed by atoms with Crippen molar-refractivity contribution in [3.05, 3.63) is 0 Å². The number of rotatable bonds is 3. The fraction of sp³-hybridized carbons (Fsp3) is 1.00. The molecule has 5 atom stereocenters. The summed E-state index contributed by atoms with van der Waals surface area (Å²) in [6.07, 6.45) is -0.169. The maximum absolute atomic E-state index is 9.14. The SMILES string of the molecule is [2H]OC[C@@H]1O[C@H](CO)[C@H](C)C(C)[C@H]1C.[3H]C. The van der Waals surface area contributed by atoms with Crippen molar-refractivity contribution in [2.75, 3.05) is 13.2 Å². The molecule has 0 amide bonds. The summed E-state index contributed by atoms with van der Waals surface area (Å²) in [5.74, 6) is 1.22. The summed E-state index contributed by atoms with van der Waals surface area (Å²) in [7, 11) is 1.25. The van der Waals surface area contributed by atoms with Crippen molar-refractivity contribution in [2.24, 2.45) is 17.8 Å². The van der Waals surface area contributed by atoms with Crippen LogP contribution in [0.5, 0.6) is 0 Å². The van der Waals surface area contributed by atoms with Gasteiger partial charge in [0.05, 0.1) is 25.4 Å². The van der Waals surface area contributed by atoms with E-state index in [4.69, 9.17) is 12.6 Å². The molecule has 1 unspecified atom stereocenters. The smallest absolute Gasteiger partial charge is 0.210 e. The lowest BCUT2D eigenvalue weighted by molar-refractivity contribution is -0.160. The van der Waals surface area contributed by atoms with E-state index in [1.165, 1.54) is 7.40 Å². The first-order valence-electron chi connectivity index (χ1n) is 6.37. The number of aliphatic hydroxyl groups is 2. The van der Waals surface area contributed by atoms with Gasteiger partial charge >= 0.3 is 0 Å². The lowest BCUT2D eigenvalue weighted by Gasteiger charge is -2.42. The molecule has 3 heteroatoms. The van der Waals surface area contributed by atoms with Crippen LogP contribution in [0.15, 0.2) is 0 Å². The Morgan fingerprint density at radius 2 is 1.71 bits per heavy atom. The first kappa shape index (κ1) is 10.4. The van der Waals surface area contributed by atoms with Crippen molar-refractivity contribution >= 4 is 0 Å². The van der Waals surface area contributed by atoms with Gasteiger partial charge in [-0.15, -0.1) is 0 Å². The van der Waals surface area contributed by atoms with E-state index in [0.29, 0.717) is 17.8 Å². The fourth-order valence-corrected chi connectivity index (χ4v) is 2.03. The van der Waals surface area contributed by atoms with E-state index in [2.05, 4.69) is 25.9 Å². The molecule has 1 aliphatic heterocycles. The second-order valence-electron chi connectivity index (χ2n) is 4.14. The van der Waals surface area contributed by atoms with E-state index in [-0.39, 0.29) is 25.4 Å². The van der Waals surface area contributed by atoms with Gasteiger partial charge in [0, 0.05) is 1.37 Å². The minimum absolute atomic E-state index is 0.0483. The monoisotopic (exact) mass is 207 g/mol. The van der Waals surface area contributed by atoms with E-state index in [0.717, 1.165) is 0 Å². The summed E-state index contributed by atoms with van der Waals surface area (Å²) >= 11 is 0. The number of hydrogen-bond donors (Lipinski definition) is 2. The highest BCUT2D eigenvalue weighted by Gasteiger charge is 2.38. The van der Waals surface area contributed by atoms with Gasteiger partial charge in [-0.3, -0.25) is 0 Å². The Morgan fingerprint density at radius 1 is 1.21 bits per heavy atom. The average molecular weight is 207 g/mol. The average Bonchev–Trinajstić information content (AvgIpc) is 2.32. The molecule has 0 aromatic heterocycles. The van der Waals surface area contributed by atoms with Crippen molar-refractivity contribution in [3.63, 3.8) is 0 Å². The van der Waals surface area contributed by atoms with Crippen LogP contribution >= 0.6 is 0 Å². The fourth-order valence-electron chi connectivity index (χ4n) is 2.03. The molecule has 0 aromatic rings. The lowest BCUT2D eigenvalue weighted by Crippen LogP contribution is -2.47. The molecule has 1 aliphatic rings. The molecule has 3 nitrogen and oxygen atoms in total. The van der Waals surface area contributed by atoms with Crippen molar-refractivity contribution < 1.29 is 16.3 Å². The normalized spacial score (nSPS) is 44.5. The first-order valence-corrected chi connectivity index (χ1v) is 4.96. The molecule has 2 N–H and O–H groups in total. The summed E-state index contributed by atoms with van der Waals surface area (Å²) in [4.78, 5) is 0. The Bertz CT molecular complexity index is 177. The largest absolute Gasteiger partial charge is 0.394 e. The predicted molar refractivity (Wildman–Crippen MR) is 57.1 cm³/mol. The van der Waals surface area contributed by atoms with Gasteiger partial charge in [0.1, 0.15) is 0 Å². The molecular formula is C11H24O3. The van der Waals surface area contributed by atoms with Gasteiger partial charge in [-0.05, 0) is 17.8 Å². The van der Waals surface area contributed by atoms with Crippen LogP contribution in [0.1, 0.15) is 29.5 Å². The lowest BCUT2D eigenvalue weighted by atomic mass is 9.77. The predicted octanol–water partition coefficient (Wildman–Crippen LogP) is 1.28. The molecule has 0 spiro atoms. The molecule has 86 valence electrons. The summed E-state index contributed by atoms with van der Waals surface area (Å²) in [5.41, 5.74) is 0. The standard InChI is InChI=1S/C10H20O3.CH4/c1-6-7(2)9(4-11)13-10(5-12)8(6)3;/h6-12H,4-5H2,1-3H3;1H4/t6?,7-,8-,9-,10+;/m1./s1/i11D;1T/t6?,7-,8-,9+,10-;. The third-order valence-electron chi connectivity index (χ3n) is 3.53. The number of ether oxygens (including phenoxy) is 1. The van der Waals surface area contributed by atoms with Gasteiger partial charge in [-0.2, -0.15) is 0 Å². The maximum atomic E-state index is 9.14. The van der Waals surface area contributed by atoms with Gasteiger partial charge in [0.2, 0.25) is 1.43 Å². The number of hydrogen-bond acceptors (Lipinski definition) is 3. The minimum atomic E-state index is -0.110. The van der Waals surface area contributed by atoms with E-state index in [1.54, 1.807) is 0 Å². The van der Waals surface area contributed by atoms with Crippen LogP contribution in [0.3, 0.4) is 0 Å². The van der Waals surface area contributed by atoms with Crippen LogP contribution in [-0.4, -0.2) is 37.1 Å². The van der Waals surface area contributed by atoms with Crippen molar-refractivity contribution in [2.45, 2.75) is 40.4 Å². The number of aliphatic hydroxyl groups excluding tert-OH is 2. The van der Waals surface area contributed by atoms with Crippen molar-refractivity contribution in [1.82, 2.24) is 0 Å². The van der Waals surface area contributed by atoms with Gasteiger partial charge < -0.3 is 15.0 Å². The van der Waals surface area contributed by atoms with Gasteiger partial charge in [0.15, 0.2) is 0 Å². The summed E-state index contributed by atoms with van der Waals surface area (Å²) < 4.78 is 18.2. The second kappa shape index (κ2) is 5.69. The summed E-state index contributed by atoms with van der Waals surface area (Å²) in [5, 5.41) is 13.5. The van der Waals surface area contributed by atoms with Crippen LogP contribution in [0, 0.1) is 17.8 Å². The Labute approximate surface area is 90.0 Å². The van der Waals surface area contributed by atoms with Gasteiger partial charge in [0.25, 0.3) is 0 Å². The third-order valence-corrected chi connectivity index (χ3v) is 3.53. The molecule has 0 aliphatic carbocycles. The van der Waals surface area contributed by atoms with Crippen LogP contribution in [0.2, 0.25) is 0 Å². The minimum Gasteiger partial charge on any atom is -0.394 e. The van der Waals surface area contributed by atoms with E-state index in [1.807, 2.05) is 0 Å². The highest BCUT2D eigenvalue weighted by atomic mass is 16.5. The van der Waals surface area contributed by atoms with E-state index >= 15 is 0 Å². The molecule has 14 heavy (non-hydrogen) atoms. The molecule has 0 radical (unpaired) electrons. The Kier molecular flexibility index (Phi) is 4.22. The van der Waals surface area contributed by atoms with Crippen molar-refractivity contribution in [3.8, 4) is 0 Å². The van der Waals surface area contributed by atoms with E-state index in [9.17, 15) is 0 Å². The second-order valence-corrected chi connectivity index (χ2v) is 4.14. The molecule has 0 aromatic carbocycles. The Hall–Kier alpha value is -0.120. The summed E-state index contributed by atoms with van der Waals surface area (Å²) in [6, 6.07) is 0. The molecule has 0 saturated carbocycles. The van der Waals surface area contributed by atoms with Crippen LogP contribution < -0.4 is 0 Å². The summed E-state index contributed by atoms with van der Waals surface area (Å²) in [6.45, 7) is 6.71. The third kappa shape index (κ3) is 2.47. The maximum Gasteiger partial charge on any atom is 0.210 e. The van der Waals surface area contributed by atoms with Crippen LogP contribution in [-0.2, 0) is 4.74 Å². The Balaban J connectivity index is 0.00000106. The van der Waals surface area contributed by atoms with Gasteiger partial charge in [-0.1, -0.05) is 28.2 Å². The molecule has 1 fully saturated rings. The van der Waals surface area contributed by atoms with Crippen molar-refractivity contribution in [1.29, 1.82) is 1.43 Å². The molecule has 1 rings (SSSR count). The molecular weight excluding hydrogens is 180 g/mol. The quantitative estimate of drug-likeness (QED) is 0.733. The molecule has 1 heterocycles. The molecule has 1 saturated heterocycles. The zero-order chi connectivity index (χ0) is 12.7. The van der Waals surface area contributed by atoms with Crippen LogP contribution in [0.4, 0.5) is 0 Å². The highest BCUT2D eigenvalue weighted by Crippen LogP contribution is 2.34. The zero-order valence-corrected chi connectivity index (χ0v) is 9.56. The van der Waals surface area contributed by atoms with E-state index < -0.39 is 0 Å². The zero-order valence-electron chi connectivity index (χ0n) is 11.6. The Morgan fingerprint density at radius 3 is 2.14 bits per heavy atom. The van der Waals surface area contributed by atoms with Crippen LogP contribution in [0.25, 0.3) is 0 Å². The van der Waals surface area contributed by atoms with Gasteiger partial charge in [-0.25, -0.2) is 0 Å².